The third kappa shape index (κ3) is 1.89. The van der Waals surface area contributed by atoms with E-state index < -0.39 is 5.91 Å². The zero-order valence-corrected chi connectivity index (χ0v) is 4.05. The van der Waals surface area contributed by atoms with Gasteiger partial charge in [0.25, 0.3) is 5.91 Å². The Morgan fingerprint density at radius 3 is 2.38 bits per heavy atom. The highest BCUT2D eigenvalue weighted by Gasteiger charge is 1.94. The average Bonchev–Trinajstić information content (AvgIpc) is 1.67. The van der Waals surface area contributed by atoms with Gasteiger partial charge in [-0.3, -0.25) is 4.79 Å². The Hall–Kier alpha value is -1.41. The van der Waals surface area contributed by atoms with Gasteiger partial charge in [0.1, 0.15) is 5.70 Å². The first-order valence-corrected chi connectivity index (χ1v) is 1.75. The number of hydrogen-bond acceptors (Lipinski definition) is 3. The lowest BCUT2D eigenvalue weighted by Gasteiger charge is -1.82. The Morgan fingerprint density at radius 2 is 2.25 bits per heavy atom. The fraction of sp³-hybridized carbons (Fsp3) is 0. The molecule has 0 aromatic rings. The third-order valence-corrected chi connectivity index (χ3v) is 0.465. The maximum Gasteiger partial charge on any atom is 0.267 e. The predicted molar refractivity (Wildman–Crippen MR) is 26.5 cm³/mol. The summed E-state index contributed by atoms with van der Waals surface area (Å²) in [6, 6.07) is 0. The van der Waals surface area contributed by atoms with Crippen molar-refractivity contribution in [3.8, 4) is 0 Å². The van der Waals surface area contributed by atoms with Crippen LogP contribution in [0, 0.1) is 0 Å². The minimum Gasteiger partial charge on any atom is -0.364 e. The largest absolute Gasteiger partial charge is 0.364 e. The van der Waals surface area contributed by atoms with E-state index in [2.05, 4.69) is 17.3 Å². The Balaban J connectivity index is 4.05. The quantitative estimate of drug-likeness (QED) is 0.292. The van der Waals surface area contributed by atoms with Crippen molar-refractivity contribution < 1.29 is 9.59 Å². The molecular weight excluding hydrogens is 108 g/mol. The Labute approximate surface area is 45.7 Å². The lowest BCUT2D eigenvalue weighted by atomic mass is 10.5. The number of hydrogen-bond donors (Lipinski definition) is 1. The maximum atomic E-state index is 9.94. The second kappa shape index (κ2) is 2.71. The predicted octanol–water partition coefficient (Wildman–Crippen LogP) is -0.679. The standard InChI is InChI=1S/C4H4N2O2/c1-3(4(5)8)6-2-7/h1H2,(H2,5,8). The monoisotopic (exact) mass is 112 g/mol. The van der Waals surface area contributed by atoms with Crippen molar-refractivity contribution in [1.29, 1.82) is 0 Å². The van der Waals surface area contributed by atoms with E-state index in [0.29, 0.717) is 0 Å². The molecule has 0 fully saturated rings. The number of primary amides is 1. The summed E-state index contributed by atoms with van der Waals surface area (Å²) >= 11 is 0. The van der Waals surface area contributed by atoms with Crippen molar-refractivity contribution >= 4 is 12.0 Å². The van der Waals surface area contributed by atoms with Crippen molar-refractivity contribution in [1.82, 2.24) is 0 Å². The number of aliphatic imine (C=N–C) groups is 1. The summed E-state index contributed by atoms with van der Waals surface area (Å²) < 4.78 is 0. The Bertz CT molecular complexity index is 163. The molecule has 0 saturated heterocycles. The molecule has 0 aliphatic rings. The van der Waals surface area contributed by atoms with Gasteiger partial charge in [-0.05, 0) is 0 Å². The molecule has 0 radical (unpaired) electrons. The molecule has 0 aromatic heterocycles. The van der Waals surface area contributed by atoms with Gasteiger partial charge >= 0.3 is 0 Å². The molecule has 42 valence electrons. The fourth-order valence-corrected chi connectivity index (χ4v) is 0.110. The first-order chi connectivity index (χ1) is 3.68. The van der Waals surface area contributed by atoms with E-state index in [-0.39, 0.29) is 5.70 Å². The van der Waals surface area contributed by atoms with E-state index in [4.69, 9.17) is 0 Å². The van der Waals surface area contributed by atoms with Gasteiger partial charge in [-0.25, -0.2) is 4.79 Å². The van der Waals surface area contributed by atoms with Crippen LogP contribution in [0.1, 0.15) is 0 Å². The number of nitrogens with zero attached hydrogens (tertiary/aromatic N) is 1. The van der Waals surface area contributed by atoms with Gasteiger partial charge in [0, 0.05) is 0 Å². The van der Waals surface area contributed by atoms with E-state index in [1.165, 1.54) is 0 Å². The van der Waals surface area contributed by atoms with Crippen LogP contribution < -0.4 is 5.73 Å². The van der Waals surface area contributed by atoms with Crippen LogP contribution >= 0.6 is 0 Å². The van der Waals surface area contributed by atoms with E-state index in [0.717, 1.165) is 6.08 Å². The third-order valence-electron chi connectivity index (χ3n) is 0.465. The summed E-state index contributed by atoms with van der Waals surface area (Å²) in [7, 11) is 0. The topological polar surface area (TPSA) is 72.5 Å². The van der Waals surface area contributed by atoms with Crippen LogP contribution in [0.25, 0.3) is 0 Å². The lowest BCUT2D eigenvalue weighted by Crippen LogP contribution is -2.11. The van der Waals surface area contributed by atoms with Gasteiger partial charge in [0.2, 0.25) is 6.08 Å². The van der Waals surface area contributed by atoms with Gasteiger partial charge in [-0.15, -0.1) is 0 Å². The number of carbonyl (C=O) groups is 1. The van der Waals surface area contributed by atoms with Gasteiger partial charge in [0.05, 0.1) is 0 Å². The van der Waals surface area contributed by atoms with Crippen LogP contribution in [0.15, 0.2) is 17.3 Å². The number of amides is 1. The van der Waals surface area contributed by atoms with Crippen molar-refractivity contribution in [2.24, 2.45) is 10.7 Å². The zero-order chi connectivity index (χ0) is 6.57. The number of nitrogens with two attached hydrogens (primary N) is 1. The molecule has 0 spiro atoms. The minimum atomic E-state index is -0.812. The maximum absolute atomic E-state index is 9.94. The normalized spacial score (nSPS) is 7.00. The fourth-order valence-electron chi connectivity index (χ4n) is 0.110. The highest BCUT2D eigenvalue weighted by Crippen LogP contribution is 1.84. The van der Waals surface area contributed by atoms with Crippen LogP contribution in [0.2, 0.25) is 0 Å². The molecule has 0 unspecified atom stereocenters. The Morgan fingerprint density at radius 1 is 1.75 bits per heavy atom. The molecule has 8 heavy (non-hydrogen) atoms. The first-order valence-electron chi connectivity index (χ1n) is 1.75. The molecule has 0 atom stereocenters. The van der Waals surface area contributed by atoms with Crippen LogP contribution in [-0.2, 0) is 9.59 Å². The van der Waals surface area contributed by atoms with Crippen molar-refractivity contribution in [2.75, 3.05) is 0 Å². The molecule has 0 saturated carbocycles. The van der Waals surface area contributed by atoms with E-state index in [1.807, 2.05) is 0 Å². The van der Waals surface area contributed by atoms with Crippen molar-refractivity contribution in [3.05, 3.63) is 12.3 Å². The average molecular weight is 112 g/mol. The van der Waals surface area contributed by atoms with E-state index >= 15 is 0 Å². The molecule has 0 aliphatic heterocycles. The molecular formula is C4H4N2O2. The highest BCUT2D eigenvalue weighted by atomic mass is 16.1. The van der Waals surface area contributed by atoms with E-state index in [1.54, 1.807) is 0 Å². The molecule has 0 aliphatic carbocycles. The molecule has 0 heterocycles. The van der Waals surface area contributed by atoms with Gasteiger partial charge in [0.15, 0.2) is 0 Å². The number of carbonyl (C=O) groups excluding carboxylic acids is 2. The van der Waals surface area contributed by atoms with E-state index in [9.17, 15) is 9.59 Å². The van der Waals surface area contributed by atoms with Gasteiger partial charge in [-0.2, -0.15) is 4.99 Å². The summed E-state index contributed by atoms with van der Waals surface area (Å²) in [6.07, 6.45) is 1.12. The summed E-state index contributed by atoms with van der Waals surface area (Å²) in [5, 5.41) is 0. The molecule has 4 nitrogen and oxygen atoms in total. The van der Waals surface area contributed by atoms with Crippen LogP contribution in [-0.4, -0.2) is 12.0 Å². The SMILES string of the molecule is C=C(N=C=O)C(N)=O. The smallest absolute Gasteiger partial charge is 0.267 e. The highest BCUT2D eigenvalue weighted by molar-refractivity contribution is 5.91. The molecule has 0 aromatic carbocycles. The number of rotatable bonds is 2. The van der Waals surface area contributed by atoms with Crippen LogP contribution in [0.3, 0.4) is 0 Å². The first kappa shape index (κ1) is 6.59. The molecule has 0 rings (SSSR count). The summed E-state index contributed by atoms with van der Waals surface area (Å²) in [6.45, 7) is 3.04. The molecule has 1 amide bonds. The van der Waals surface area contributed by atoms with Gasteiger partial charge in [-0.1, -0.05) is 6.58 Å². The van der Waals surface area contributed by atoms with Gasteiger partial charge < -0.3 is 5.73 Å². The zero-order valence-electron chi connectivity index (χ0n) is 4.05. The van der Waals surface area contributed by atoms with Crippen LogP contribution in [0.5, 0.6) is 0 Å². The number of isocyanates is 1. The lowest BCUT2D eigenvalue weighted by molar-refractivity contribution is -0.114. The van der Waals surface area contributed by atoms with Crippen molar-refractivity contribution in [2.45, 2.75) is 0 Å². The molecule has 2 N–H and O–H groups in total. The van der Waals surface area contributed by atoms with Crippen molar-refractivity contribution in [3.63, 3.8) is 0 Å². The summed E-state index contributed by atoms with van der Waals surface area (Å²) in [5.74, 6) is -0.812. The minimum absolute atomic E-state index is 0.278. The Kier molecular flexibility index (Phi) is 2.23. The second-order valence-electron chi connectivity index (χ2n) is 1.01. The van der Waals surface area contributed by atoms with Crippen LogP contribution in [0.4, 0.5) is 0 Å². The second-order valence-corrected chi connectivity index (χ2v) is 1.01. The molecule has 4 heteroatoms. The molecule has 0 bridgehead atoms. The summed E-state index contributed by atoms with van der Waals surface area (Å²) in [4.78, 5) is 22.1. The summed E-state index contributed by atoms with van der Waals surface area (Å²) in [5.41, 5.74) is 4.33.